The van der Waals surface area contributed by atoms with Crippen LogP contribution in [0.4, 0.5) is 0 Å². The number of carbonyl (C=O) groups excluding carboxylic acids is 1. The van der Waals surface area contributed by atoms with Crippen LogP contribution in [-0.4, -0.2) is 5.91 Å². The number of amides is 1. The molecular formula is C10H14N2O. The van der Waals surface area contributed by atoms with Crippen molar-refractivity contribution in [1.29, 1.82) is 0 Å². The minimum atomic E-state index is -0.405. The van der Waals surface area contributed by atoms with Gasteiger partial charge in [-0.2, -0.15) is 0 Å². The van der Waals surface area contributed by atoms with E-state index in [-0.39, 0.29) is 5.91 Å². The van der Waals surface area contributed by atoms with Crippen LogP contribution in [0.2, 0.25) is 0 Å². The average Bonchev–Trinajstić information content (AvgIpc) is 2.04. The van der Waals surface area contributed by atoms with E-state index in [0.717, 1.165) is 5.56 Å². The number of benzene rings is 1. The summed E-state index contributed by atoms with van der Waals surface area (Å²) in [6, 6.07) is 7.76. The lowest BCUT2D eigenvalue weighted by atomic mass is 10.1. The Labute approximate surface area is 77.9 Å². The Morgan fingerprint density at radius 1 is 1.38 bits per heavy atom. The zero-order valence-corrected chi connectivity index (χ0v) is 7.87. The minimum Gasteiger partial charge on any atom is -0.337 e. The first-order valence-corrected chi connectivity index (χ1v) is 4.19. The van der Waals surface area contributed by atoms with E-state index in [1.165, 1.54) is 12.5 Å². The van der Waals surface area contributed by atoms with Gasteiger partial charge in [-0.05, 0) is 12.5 Å². The number of carbonyl (C=O) groups is 1. The number of hydrogen-bond acceptors (Lipinski definition) is 2. The lowest BCUT2D eigenvalue weighted by Crippen LogP contribution is -2.32. The summed E-state index contributed by atoms with van der Waals surface area (Å²) in [5.41, 5.74) is 7.81. The molecule has 1 aromatic rings. The van der Waals surface area contributed by atoms with E-state index in [2.05, 4.69) is 5.32 Å². The molecule has 3 heteroatoms. The molecule has 0 saturated carbocycles. The third kappa shape index (κ3) is 2.87. The Morgan fingerprint density at radius 3 is 2.38 bits per heavy atom. The number of aryl methyl sites for hydroxylation is 1. The van der Waals surface area contributed by atoms with Crippen LogP contribution in [0, 0.1) is 6.92 Å². The highest BCUT2D eigenvalue weighted by molar-refractivity contribution is 5.73. The Kier molecular flexibility index (Phi) is 3.03. The number of nitrogens with two attached hydrogens (primary N) is 1. The number of hydrogen-bond donors (Lipinski definition) is 2. The molecule has 1 amide bonds. The Hall–Kier alpha value is -1.35. The van der Waals surface area contributed by atoms with Gasteiger partial charge in [0.2, 0.25) is 5.91 Å². The molecule has 3 nitrogen and oxygen atoms in total. The first-order valence-electron chi connectivity index (χ1n) is 4.19. The van der Waals surface area contributed by atoms with E-state index in [1.807, 2.05) is 31.2 Å². The molecule has 70 valence electrons. The summed E-state index contributed by atoms with van der Waals surface area (Å²) in [4.78, 5) is 10.7. The topological polar surface area (TPSA) is 55.1 Å². The van der Waals surface area contributed by atoms with Gasteiger partial charge in [-0.25, -0.2) is 0 Å². The van der Waals surface area contributed by atoms with Crippen LogP contribution in [0.25, 0.3) is 0 Å². The molecule has 3 N–H and O–H groups in total. The number of nitrogens with one attached hydrogen (secondary N) is 1. The largest absolute Gasteiger partial charge is 0.337 e. The second-order valence-corrected chi connectivity index (χ2v) is 3.09. The van der Waals surface area contributed by atoms with Crippen molar-refractivity contribution in [2.24, 2.45) is 5.73 Å². The summed E-state index contributed by atoms with van der Waals surface area (Å²) >= 11 is 0. The Bertz CT molecular complexity index is 292. The van der Waals surface area contributed by atoms with Crippen molar-refractivity contribution in [3.05, 3.63) is 35.4 Å². The molecule has 0 heterocycles. The fraction of sp³-hybridized carbons (Fsp3) is 0.300. The fourth-order valence-corrected chi connectivity index (χ4v) is 1.08. The standard InChI is InChI=1S/C10H14N2O/c1-7-3-5-9(6-4-7)10(11)12-8(2)13/h3-6,10H,11H2,1-2H3,(H,12,13). The van der Waals surface area contributed by atoms with Gasteiger partial charge in [0.25, 0.3) is 0 Å². The number of rotatable bonds is 2. The zero-order chi connectivity index (χ0) is 9.84. The van der Waals surface area contributed by atoms with E-state index in [1.54, 1.807) is 0 Å². The monoisotopic (exact) mass is 178 g/mol. The second kappa shape index (κ2) is 4.05. The molecule has 0 radical (unpaired) electrons. The van der Waals surface area contributed by atoms with E-state index in [4.69, 9.17) is 5.73 Å². The van der Waals surface area contributed by atoms with Crippen LogP contribution in [0.15, 0.2) is 24.3 Å². The summed E-state index contributed by atoms with van der Waals surface area (Å²) < 4.78 is 0. The second-order valence-electron chi connectivity index (χ2n) is 3.09. The maximum absolute atomic E-state index is 10.7. The minimum absolute atomic E-state index is 0.118. The van der Waals surface area contributed by atoms with Crippen molar-refractivity contribution >= 4 is 5.91 Å². The third-order valence-electron chi connectivity index (χ3n) is 1.80. The van der Waals surface area contributed by atoms with E-state index in [0.29, 0.717) is 0 Å². The Balaban J connectivity index is 2.71. The SMILES string of the molecule is CC(=O)NC(N)c1ccc(C)cc1. The first kappa shape index (κ1) is 9.74. The molecule has 0 spiro atoms. The van der Waals surface area contributed by atoms with E-state index in [9.17, 15) is 4.79 Å². The molecule has 1 aromatic carbocycles. The van der Waals surface area contributed by atoms with Gasteiger partial charge < -0.3 is 11.1 Å². The van der Waals surface area contributed by atoms with Crippen LogP contribution in [0.1, 0.15) is 24.2 Å². The molecular weight excluding hydrogens is 164 g/mol. The first-order chi connectivity index (χ1) is 6.09. The lowest BCUT2D eigenvalue weighted by molar-refractivity contribution is -0.119. The quantitative estimate of drug-likeness (QED) is 0.666. The maximum atomic E-state index is 10.7. The van der Waals surface area contributed by atoms with Crippen molar-refractivity contribution in [2.75, 3.05) is 0 Å². The molecule has 13 heavy (non-hydrogen) atoms. The van der Waals surface area contributed by atoms with Gasteiger partial charge in [0.05, 0.1) is 0 Å². The molecule has 1 atom stereocenters. The summed E-state index contributed by atoms with van der Waals surface area (Å²) in [6.07, 6.45) is -0.405. The molecule has 0 aromatic heterocycles. The highest BCUT2D eigenvalue weighted by Gasteiger charge is 2.05. The van der Waals surface area contributed by atoms with Crippen LogP contribution in [-0.2, 0) is 4.79 Å². The fourth-order valence-electron chi connectivity index (χ4n) is 1.08. The molecule has 1 rings (SSSR count). The van der Waals surface area contributed by atoms with E-state index >= 15 is 0 Å². The summed E-state index contributed by atoms with van der Waals surface area (Å²) in [7, 11) is 0. The molecule has 0 aliphatic rings. The van der Waals surface area contributed by atoms with Crippen molar-refractivity contribution in [2.45, 2.75) is 20.0 Å². The van der Waals surface area contributed by atoms with Gasteiger partial charge in [-0.1, -0.05) is 29.8 Å². The molecule has 0 aliphatic heterocycles. The van der Waals surface area contributed by atoms with Gasteiger partial charge in [0.1, 0.15) is 6.17 Å². The summed E-state index contributed by atoms with van der Waals surface area (Å²) in [5.74, 6) is -0.118. The van der Waals surface area contributed by atoms with Crippen molar-refractivity contribution in [1.82, 2.24) is 5.32 Å². The van der Waals surface area contributed by atoms with Crippen LogP contribution >= 0.6 is 0 Å². The van der Waals surface area contributed by atoms with Gasteiger partial charge in [0, 0.05) is 6.92 Å². The summed E-state index contributed by atoms with van der Waals surface area (Å²) in [6.45, 7) is 3.46. The van der Waals surface area contributed by atoms with Crippen LogP contribution in [0.5, 0.6) is 0 Å². The van der Waals surface area contributed by atoms with Gasteiger partial charge >= 0.3 is 0 Å². The van der Waals surface area contributed by atoms with E-state index < -0.39 is 6.17 Å². The van der Waals surface area contributed by atoms with Crippen LogP contribution < -0.4 is 11.1 Å². The average molecular weight is 178 g/mol. The normalized spacial score (nSPS) is 12.2. The predicted molar refractivity (Wildman–Crippen MR) is 51.9 cm³/mol. The molecule has 0 saturated heterocycles. The molecule has 0 aliphatic carbocycles. The van der Waals surface area contributed by atoms with Gasteiger partial charge in [0.15, 0.2) is 0 Å². The smallest absolute Gasteiger partial charge is 0.218 e. The molecule has 0 bridgehead atoms. The van der Waals surface area contributed by atoms with Crippen molar-refractivity contribution in [3.63, 3.8) is 0 Å². The highest BCUT2D eigenvalue weighted by Crippen LogP contribution is 2.08. The van der Waals surface area contributed by atoms with Crippen LogP contribution in [0.3, 0.4) is 0 Å². The summed E-state index contributed by atoms with van der Waals surface area (Å²) in [5, 5.41) is 2.62. The molecule has 0 fully saturated rings. The zero-order valence-electron chi connectivity index (χ0n) is 7.87. The highest BCUT2D eigenvalue weighted by atomic mass is 16.1. The Morgan fingerprint density at radius 2 is 1.92 bits per heavy atom. The molecule has 1 unspecified atom stereocenters. The van der Waals surface area contributed by atoms with Gasteiger partial charge in [-0.15, -0.1) is 0 Å². The van der Waals surface area contributed by atoms with Gasteiger partial charge in [-0.3, -0.25) is 4.79 Å². The van der Waals surface area contributed by atoms with Crippen molar-refractivity contribution in [3.8, 4) is 0 Å². The van der Waals surface area contributed by atoms with Crippen molar-refractivity contribution < 1.29 is 4.79 Å². The third-order valence-corrected chi connectivity index (χ3v) is 1.80. The maximum Gasteiger partial charge on any atom is 0.218 e. The predicted octanol–water partition coefficient (Wildman–Crippen LogP) is 1.09. The lowest BCUT2D eigenvalue weighted by Gasteiger charge is -2.12.